The molecular formula is C8H12N4O2. The molecule has 6 heteroatoms. The van der Waals surface area contributed by atoms with Crippen molar-refractivity contribution in [2.45, 2.75) is 19.3 Å². The Morgan fingerprint density at radius 3 is 2.86 bits per heavy atom. The third kappa shape index (κ3) is 1.59. The second-order valence-electron chi connectivity index (χ2n) is 3.68. The fourth-order valence-electron chi connectivity index (χ4n) is 1.78. The SMILES string of the molecule is Cn1nnc(CC2CCC2C(=O)O)n1. The fraction of sp³-hybridized carbons (Fsp3) is 0.750. The molecule has 0 aliphatic heterocycles. The van der Waals surface area contributed by atoms with Crippen LogP contribution in [0.15, 0.2) is 0 Å². The van der Waals surface area contributed by atoms with E-state index in [9.17, 15) is 4.79 Å². The van der Waals surface area contributed by atoms with Crippen LogP contribution in [0.1, 0.15) is 18.7 Å². The molecule has 1 aromatic heterocycles. The van der Waals surface area contributed by atoms with Crippen molar-refractivity contribution in [2.24, 2.45) is 18.9 Å². The number of carboxylic acids is 1. The Labute approximate surface area is 80.9 Å². The van der Waals surface area contributed by atoms with Gasteiger partial charge in [-0.1, -0.05) is 0 Å². The van der Waals surface area contributed by atoms with Crippen LogP contribution in [0.2, 0.25) is 0 Å². The molecule has 0 amide bonds. The quantitative estimate of drug-likeness (QED) is 0.727. The molecule has 1 fully saturated rings. The molecule has 0 spiro atoms. The molecule has 1 aliphatic rings. The van der Waals surface area contributed by atoms with Gasteiger partial charge in [0.2, 0.25) is 0 Å². The summed E-state index contributed by atoms with van der Waals surface area (Å²) in [6.07, 6.45) is 2.36. The molecule has 1 aliphatic carbocycles. The predicted molar refractivity (Wildman–Crippen MR) is 46.4 cm³/mol. The van der Waals surface area contributed by atoms with E-state index < -0.39 is 5.97 Å². The van der Waals surface area contributed by atoms with Crippen LogP contribution in [-0.2, 0) is 18.3 Å². The van der Waals surface area contributed by atoms with E-state index in [2.05, 4.69) is 15.4 Å². The van der Waals surface area contributed by atoms with E-state index in [1.807, 2.05) is 0 Å². The fourth-order valence-corrected chi connectivity index (χ4v) is 1.78. The maximum absolute atomic E-state index is 10.7. The molecule has 14 heavy (non-hydrogen) atoms. The largest absolute Gasteiger partial charge is 0.481 e. The van der Waals surface area contributed by atoms with Crippen LogP contribution in [0.5, 0.6) is 0 Å². The topological polar surface area (TPSA) is 80.9 Å². The van der Waals surface area contributed by atoms with Gasteiger partial charge in [0.15, 0.2) is 5.82 Å². The summed E-state index contributed by atoms with van der Waals surface area (Å²) in [5.74, 6) is -0.0795. The average molecular weight is 196 g/mol. The number of nitrogens with zero attached hydrogens (tertiary/aromatic N) is 4. The number of aliphatic carboxylic acids is 1. The minimum atomic E-state index is -0.704. The first-order valence-electron chi connectivity index (χ1n) is 4.62. The summed E-state index contributed by atoms with van der Waals surface area (Å²) < 4.78 is 0. The lowest BCUT2D eigenvalue weighted by atomic mass is 9.72. The second-order valence-corrected chi connectivity index (χ2v) is 3.68. The number of hydrogen-bond donors (Lipinski definition) is 1. The Morgan fingerprint density at radius 2 is 2.43 bits per heavy atom. The van der Waals surface area contributed by atoms with Crippen LogP contribution in [0.3, 0.4) is 0 Å². The Kier molecular flexibility index (Phi) is 2.18. The molecule has 1 heterocycles. The van der Waals surface area contributed by atoms with Crippen LogP contribution in [-0.4, -0.2) is 31.3 Å². The van der Waals surface area contributed by atoms with Crippen LogP contribution >= 0.6 is 0 Å². The minimum absolute atomic E-state index is 0.191. The van der Waals surface area contributed by atoms with Gasteiger partial charge >= 0.3 is 5.97 Å². The summed E-state index contributed by atoms with van der Waals surface area (Å²) >= 11 is 0. The van der Waals surface area contributed by atoms with Crippen molar-refractivity contribution in [2.75, 3.05) is 0 Å². The number of carbonyl (C=O) groups is 1. The Balaban J connectivity index is 1.95. The van der Waals surface area contributed by atoms with Crippen molar-refractivity contribution in [3.63, 3.8) is 0 Å². The molecule has 6 nitrogen and oxygen atoms in total. The second kappa shape index (κ2) is 3.36. The molecule has 76 valence electrons. The lowest BCUT2D eigenvalue weighted by Crippen LogP contribution is -2.34. The third-order valence-corrected chi connectivity index (χ3v) is 2.73. The van der Waals surface area contributed by atoms with Gasteiger partial charge in [0.25, 0.3) is 0 Å². The zero-order chi connectivity index (χ0) is 10.1. The normalized spacial score (nSPS) is 25.8. The van der Waals surface area contributed by atoms with Gasteiger partial charge in [-0.3, -0.25) is 4.79 Å². The van der Waals surface area contributed by atoms with E-state index in [1.54, 1.807) is 7.05 Å². The standard InChI is InChI=1S/C8H12N4O2/c1-12-10-7(9-11-12)4-5-2-3-6(5)8(13)14/h5-6H,2-4H2,1H3,(H,13,14). The molecule has 0 aromatic carbocycles. The monoisotopic (exact) mass is 196 g/mol. The lowest BCUT2D eigenvalue weighted by molar-refractivity contribution is -0.147. The first kappa shape index (κ1) is 9.11. The zero-order valence-corrected chi connectivity index (χ0v) is 7.92. The van der Waals surface area contributed by atoms with Gasteiger partial charge < -0.3 is 5.11 Å². The van der Waals surface area contributed by atoms with Crippen molar-refractivity contribution in [1.29, 1.82) is 0 Å². The highest BCUT2D eigenvalue weighted by Gasteiger charge is 2.37. The maximum atomic E-state index is 10.7. The lowest BCUT2D eigenvalue weighted by Gasteiger charge is -2.32. The summed E-state index contributed by atoms with van der Waals surface area (Å²) in [5, 5.41) is 20.4. The highest BCUT2D eigenvalue weighted by Crippen LogP contribution is 2.36. The van der Waals surface area contributed by atoms with Crippen molar-refractivity contribution < 1.29 is 9.90 Å². The molecular weight excluding hydrogens is 184 g/mol. The molecule has 0 radical (unpaired) electrons. The smallest absolute Gasteiger partial charge is 0.306 e. The van der Waals surface area contributed by atoms with Crippen LogP contribution in [0, 0.1) is 11.8 Å². The first-order valence-corrected chi connectivity index (χ1v) is 4.62. The molecule has 2 rings (SSSR count). The summed E-state index contributed by atoms with van der Waals surface area (Å²) in [6, 6.07) is 0. The number of aromatic nitrogens is 4. The summed E-state index contributed by atoms with van der Waals surface area (Å²) in [5.41, 5.74) is 0. The predicted octanol–water partition coefficient (Wildman–Crippen LogP) is -0.137. The highest BCUT2D eigenvalue weighted by atomic mass is 16.4. The van der Waals surface area contributed by atoms with E-state index in [0.717, 1.165) is 12.8 Å². The maximum Gasteiger partial charge on any atom is 0.306 e. The van der Waals surface area contributed by atoms with E-state index in [1.165, 1.54) is 4.80 Å². The van der Waals surface area contributed by atoms with Crippen LogP contribution in [0.4, 0.5) is 0 Å². The molecule has 1 saturated carbocycles. The molecule has 1 aromatic rings. The Morgan fingerprint density at radius 1 is 1.64 bits per heavy atom. The number of tetrazole rings is 1. The van der Waals surface area contributed by atoms with Gasteiger partial charge in [-0.2, -0.15) is 4.80 Å². The summed E-state index contributed by atoms with van der Waals surface area (Å²) in [6.45, 7) is 0. The number of hydrogen-bond acceptors (Lipinski definition) is 4. The van der Waals surface area contributed by atoms with Gasteiger partial charge in [0, 0.05) is 6.42 Å². The number of carboxylic acid groups (broad SMARTS) is 1. The van der Waals surface area contributed by atoms with Crippen molar-refractivity contribution in [1.82, 2.24) is 20.2 Å². The van der Waals surface area contributed by atoms with E-state index in [-0.39, 0.29) is 11.8 Å². The van der Waals surface area contributed by atoms with Crippen LogP contribution < -0.4 is 0 Å². The minimum Gasteiger partial charge on any atom is -0.481 e. The van der Waals surface area contributed by atoms with E-state index >= 15 is 0 Å². The van der Waals surface area contributed by atoms with Gasteiger partial charge in [0.05, 0.1) is 13.0 Å². The number of rotatable bonds is 3. The van der Waals surface area contributed by atoms with Crippen molar-refractivity contribution >= 4 is 5.97 Å². The molecule has 1 N–H and O–H groups in total. The summed E-state index contributed by atoms with van der Waals surface area (Å²) in [7, 11) is 1.70. The Hall–Kier alpha value is -1.46. The van der Waals surface area contributed by atoms with E-state index in [0.29, 0.717) is 12.2 Å². The van der Waals surface area contributed by atoms with E-state index in [4.69, 9.17) is 5.11 Å². The molecule has 0 saturated heterocycles. The van der Waals surface area contributed by atoms with Gasteiger partial charge in [-0.25, -0.2) is 0 Å². The molecule has 0 bridgehead atoms. The molecule has 2 atom stereocenters. The van der Waals surface area contributed by atoms with Gasteiger partial charge in [0.1, 0.15) is 0 Å². The third-order valence-electron chi connectivity index (χ3n) is 2.73. The molecule has 2 unspecified atom stereocenters. The Bertz CT molecular complexity index is 349. The van der Waals surface area contributed by atoms with Gasteiger partial charge in [-0.15, -0.1) is 10.2 Å². The summed E-state index contributed by atoms with van der Waals surface area (Å²) in [4.78, 5) is 12.1. The van der Waals surface area contributed by atoms with Crippen molar-refractivity contribution in [3.05, 3.63) is 5.82 Å². The van der Waals surface area contributed by atoms with Crippen LogP contribution in [0.25, 0.3) is 0 Å². The first-order chi connectivity index (χ1) is 6.66. The highest BCUT2D eigenvalue weighted by molar-refractivity contribution is 5.71. The number of aryl methyl sites for hydroxylation is 1. The van der Waals surface area contributed by atoms with Crippen molar-refractivity contribution in [3.8, 4) is 0 Å². The zero-order valence-electron chi connectivity index (χ0n) is 7.92. The van der Waals surface area contributed by atoms with Gasteiger partial charge in [-0.05, 0) is 24.0 Å². The average Bonchev–Trinajstić information content (AvgIpc) is 2.44.